The zero-order chi connectivity index (χ0) is 20.1. The van der Waals surface area contributed by atoms with E-state index in [1.807, 2.05) is 55.5 Å². The molecule has 2 aliphatic rings. The minimum atomic E-state index is -0.277. The fourth-order valence-electron chi connectivity index (χ4n) is 4.51. The molecule has 0 spiro atoms. The number of halogens is 1. The highest BCUT2D eigenvalue weighted by Gasteiger charge is 2.44. The summed E-state index contributed by atoms with van der Waals surface area (Å²) in [5.74, 6) is -0.137. The van der Waals surface area contributed by atoms with E-state index < -0.39 is 0 Å². The van der Waals surface area contributed by atoms with Crippen LogP contribution in [0.15, 0.2) is 59.8 Å². The Labute approximate surface area is 171 Å². The lowest BCUT2D eigenvalue weighted by atomic mass is 9.69. The highest BCUT2D eigenvalue weighted by molar-refractivity contribution is 6.31. The second-order valence-electron chi connectivity index (χ2n) is 8.65. The van der Waals surface area contributed by atoms with Gasteiger partial charge in [-0.3, -0.25) is 14.5 Å². The lowest BCUT2D eigenvalue weighted by molar-refractivity contribution is -0.121. The smallest absolute Gasteiger partial charge is 0.232 e. The Hall–Kier alpha value is -2.39. The van der Waals surface area contributed by atoms with Crippen LogP contribution >= 0.6 is 11.6 Å². The molecule has 1 unspecified atom stereocenters. The van der Waals surface area contributed by atoms with E-state index in [0.29, 0.717) is 17.9 Å². The average Bonchev–Trinajstić information content (AvgIpc) is 2.60. The van der Waals surface area contributed by atoms with Crippen LogP contribution in [0.2, 0.25) is 5.02 Å². The summed E-state index contributed by atoms with van der Waals surface area (Å²) in [6, 6.07) is 15.4. The summed E-state index contributed by atoms with van der Waals surface area (Å²) in [5, 5.41) is 0.605. The average molecular weight is 394 g/mol. The third kappa shape index (κ3) is 3.29. The second-order valence-corrected chi connectivity index (χ2v) is 9.05. The van der Waals surface area contributed by atoms with Gasteiger partial charge in [-0.05, 0) is 48.1 Å². The quantitative estimate of drug-likeness (QED) is 0.645. The Kier molecular flexibility index (Phi) is 4.67. The largest absolute Gasteiger partial charge is 0.294 e. The molecule has 0 saturated carbocycles. The molecule has 0 N–H and O–H groups in total. The molecule has 1 heterocycles. The van der Waals surface area contributed by atoms with Gasteiger partial charge in [-0.15, -0.1) is 0 Å². The first kappa shape index (κ1) is 18.9. The zero-order valence-electron chi connectivity index (χ0n) is 16.5. The molecule has 1 aliphatic heterocycles. The SMILES string of the molecule is Cc1cccc(N2C(=O)CC(c3ccccc3Cl)C3=C2CC(C)(C)CC3=O)c1. The van der Waals surface area contributed by atoms with Crippen molar-refractivity contribution in [1.29, 1.82) is 0 Å². The number of ketones is 1. The van der Waals surface area contributed by atoms with Gasteiger partial charge < -0.3 is 0 Å². The first-order valence-electron chi connectivity index (χ1n) is 9.67. The van der Waals surface area contributed by atoms with Crippen molar-refractivity contribution in [1.82, 2.24) is 0 Å². The van der Waals surface area contributed by atoms with E-state index in [1.54, 1.807) is 4.90 Å². The van der Waals surface area contributed by atoms with E-state index in [-0.39, 0.29) is 29.4 Å². The predicted octanol–water partition coefficient (Wildman–Crippen LogP) is 5.81. The number of carbonyl (C=O) groups is 2. The van der Waals surface area contributed by atoms with Crippen LogP contribution in [-0.4, -0.2) is 11.7 Å². The molecule has 2 aromatic rings. The minimum absolute atomic E-state index is 0.0137. The third-order valence-corrected chi connectivity index (χ3v) is 6.03. The minimum Gasteiger partial charge on any atom is -0.294 e. The van der Waals surface area contributed by atoms with Crippen LogP contribution in [0, 0.1) is 12.3 Å². The Morgan fingerprint density at radius 3 is 2.50 bits per heavy atom. The molecule has 2 aromatic carbocycles. The molecule has 144 valence electrons. The van der Waals surface area contributed by atoms with Gasteiger partial charge in [-0.25, -0.2) is 0 Å². The lowest BCUT2D eigenvalue weighted by Gasteiger charge is -2.43. The fourth-order valence-corrected chi connectivity index (χ4v) is 4.77. The Balaban J connectivity index is 1.93. The van der Waals surface area contributed by atoms with Gasteiger partial charge in [0, 0.05) is 40.7 Å². The van der Waals surface area contributed by atoms with Crippen molar-refractivity contribution in [3.05, 3.63) is 76.0 Å². The molecule has 0 saturated heterocycles. The number of anilines is 1. The third-order valence-electron chi connectivity index (χ3n) is 5.68. The molecule has 4 heteroatoms. The van der Waals surface area contributed by atoms with Crippen molar-refractivity contribution in [2.45, 2.75) is 46.0 Å². The van der Waals surface area contributed by atoms with Gasteiger partial charge in [-0.2, -0.15) is 0 Å². The van der Waals surface area contributed by atoms with E-state index in [0.717, 1.165) is 28.1 Å². The molecule has 0 aromatic heterocycles. The van der Waals surface area contributed by atoms with E-state index in [9.17, 15) is 9.59 Å². The summed E-state index contributed by atoms with van der Waals surface area (Å²) in [6.45, 7) is 6.19. The number of hydrogen-bond donors (Lipinski definition) is 0. The highest BCUT2D eigenvalue weighted by atomic mass is 35.5. The number of allylic oxidation sites excluding steroid dienone is 2. The topological polar surface area (TPSA) is 37.4 Å². The number of carbonyl (C=O) groups excluding carboxylic acids is 2. The van der Waals surface area contributed by atoms with Gasteiger partial charge >= 0.3 is 0 Å². The maximum absolute atomic E-state index is 13.3. The first-order valence-corrected chi connectivity index (χ1v) is 10.0. The van der Waals surface area contributed by atoms with E-state index in [1.165, 1.54) is 0 Å². The Bertz CT molecular complexity index is 1010. The first-order chi connectivity index (χ1) is 13.3. The molecule has 0 radical (unpaired) electrons. The van der Waals surface area contributed by atoms with Crippen LogP contribution in [0.1, 0.15) is 50.2 Å². The van der Waals surface area contributed by atoms with Gasteiger partial charge in [-0.1, -0.05) is 55.8 Å². The molecule has 28 heavy (non-hydrogen) atoms. The number of benzene rings is 2. The van der Waals surface area contributed by atoms with E-state index >= 15 is 0 Å². The lowest BCUT2D eigenvalue weighted by Crippen LogP contribution is -2.43. The molecule has 3 nitrogen and oxygen atoms in total. The normalized spacial score (nSPS) is 21.7. The fraction of sp³-hybridized carbons (Fsp3) is 0.333. The number of aryl methyl sites for hydroxylation is 1. The van der Waals surface area contributed by atoms with Gasteiger partial charge in [0.1, 0.15) is 0 Å². The van der Waals surface area contributed by atoms with E-state index in [4.69, 9.17) is 11.6 Å². The van der Waals surface area contributed by atoms with Gasteiger partial charge in [0.2, 0.25) is 5.91 Å². The number of rotatable bonds is 2. The Morgan fingerprint density at radius 2 is 1.79 bits per heavy atom. The zero-order valence-corrected chi connectivity index (χ0v) is 17.2. The molecular formula is C24H24ClNO2. The summed E-state index contributed by atoms with van der Waals surface area (Å²) in [6.07, 6.45) is 1.43. The van der Waals surface area contributed by atoms with Crippen molar-refractivity contribution in [2.75, 3.05) is 4.90 Å². The van der Waals surface area contributed by atoms with Crippen molar-refractivity contribution >= 4 is 29.0 Å². The number of hydrogen-bond acceptors (Lipinski definition) is 2. The summed E-state index contributed by atoms with van der Waals surface area (Å²) in [4.78, 5) is 28.3. The van der Waals surface area contributed by atoms with Crippen LogP contribution in [0.5, 0.6) is 0 Å². The molecule has 0 fully saturated rings. The van der Waals surface area contributed by atoms with Crippen LogP contribution in [0.4, 0.5) is 5.69 Å². The number of amides is 1. The van der Waals surface area contributed by atoms with Gasteiger partial charge in [0.05, 0.1) is 0 Å². The summed E-state index contributed by atoms with van der Waals surface area (Å²) >= 11 is 6.46. The predicted molar refractivity (Wildman–Crippen MR) is 113 cm³/mol. The molecule has 4 rings (SSSR count). The van der Waals surface area contributed by atoms with Gasteiger partial charge in [0.15, 0.2) is 5.78 Å². The summed E-state index contributed by atoms with van der Waals surface area (Å²) in [7, 11) is 0. The van der Waals surface area contributed by atoms with Crippen molar-refractivity contribution in [3.8, 4) is 0 Å². The maximum atomic E-state index is 13.3. The molecule has 0 bridgehead atoms. The molecule has 1 amide bonds. The van der Waals surface area contributed by atoms with Crippen molar-refractivity contribution in [2.24, 2.45) is 5.41 Å². The van der Waals surface area contributed by atoms with Crippen molar-refractivity contribution < 1.29 is 9.59 Å². The molecule has 1 atom stereocenters. The summed E-state index contributed by atoms with van der Waals surface area (Å²) < 4.78 is 0. The monoisotopic (exact) mass is 393 g/mol. The van der Waals surface area contributed by atoms with Crippen LogP contribution < -0.4 is 4.90 Å². The van der Waals surface area contributed by atoms with E-state index in [2.05, 4.69) is 13.8 Å². The Morgan fingerprint density at radius 1 is 1.04 bits per heavy atom. The van der Waals surface area contributed by atoms with Gasteiger partial charge in [0.25, 0.3) is 0 Å². The van der Waals surface area contributed by atoms with Crippen LogP contribution in [-0.2, 0) is 9.59 Å². The maximum Gasteiger partial charge on any atom is 0.232 e. The molecular weight excluding hydrogens is 370 g/mol. The number of nitrogens with zero attached hydrogens (tertiary/aromatic N) is 1. The standard InChI is InChI=1S/C24H24ClNO2/c1-15-7-6-8-16(11-15)26-20-13-24(2,3)14-21(27)23(20)18(12-22(26)28)17-9-4-5-10-19(17)25/h4-11,18H,12-14H2,1-3H3. The number of Topliss-reactive ketones (excluding diaryl/α,β-unsaturated/α-hetero) is 1. The molecule has 1 aliphatic carbocycles. The summed E-state index contributed by atoms with van der Waals surface area (Å²) in [5.41, 5.74) is 4.20. The highest BCUT2D eigenvalue weighted by Crippen LogP contribution is 2.49. The van der Waals surface area contributed by atoms with Crippen molar-refractivity contribution in [3.63, 3.8) is 0 Å². The van der Waals surface area contributed by atoms with Crippen LogP contribution in [0.25, 0.3) is 0 Å². The van der Waals surface area contributed by atoms with Crippen LogP contribution in [0.3, 0.4) is 0 Å². The second kappa shape index (κ2) is 6.89.